The second-order valence-corrected chi connectivity index (χ2v) is 7.88. The van der Waals surface area contributed by atoms with E-state index < -0.39 is 0 Å². The molecule has 0 bridgehead atoms. The van der Waals surface area contributed by atoms with Crippen LogP contribution in [-0.4, -0.2) is 25.9 Å². The lowest BCUT2D eigenvalue weighted by atomic mass is 10.0. The molecule has 32 heavy (non-hydrogen) atoms. The van der Waals surface area contributed by atoms with Crippen molar-refractivity contribution in [2.24, 2.45) is 0 Å². The van der Waals surface area contributed by atoms with E-state index in [1.54, 1.807) is 6.07 Å². The van der Waals surface area contributed by atoms with Crippen molar-refractivity contribution in [2.45, 2.75) is 19.9 Å². The Bertz CT molecular complexity index is 1510. The number of rotatable bonds is 4. The molecule has 0 aliphatic rings. The van der Waals surface area contributed by atoms with E-state index in [9.17, 15) is 9.59 Å². The van der Waals surface area contributed by atoms with E-state index in [-0.39, 0.29) is 17.5 Å². The minimum atomic E-state index is -0.263. The second kappa shape index (κ2) is 7.77. The van der Waals surface area contributed by atoms with Gasteiger partial charge in [-0.15, -0.1) is 0 Å². The van der Waals surface area contributed by atoms with E-state index in [1.165, 1.54) is 0 Å². The summed E-state index contributed by atoms with van der Waals surface area (Å²) in [5.74, 6) is -0.263. The average molecular weight is 423 g/mol. The number of benzene rings is 3. The van der Waals surface area contributed by atoms with Crippen LogP contribution in [0.15, 0.2) is 77.6 Å². The Morgan fingerprint density at radius 3 is 2.28 bits per heavy atom. The summed E-state index contributed by atoms with van der Waals surface area (Å²) in [6, 6.07) is 22.6. The fraction of sp³-hybridized carbons (Fsp3) is 0.120. The minimum absolute atomic E-state index is 0.139. The molecule has 0 saturated carbocycles. The molecule has 2 N–H and O–H groups in total. The molecule has 5 rings (SSSR count). The van der Waals surface area contributed by atoms with Gasteiger partial charge in [0.15, 0.2) is 5.69 Å². The van der Waals surface area contributed by atoms with Crippen molar-refractivity contribution in [3.8, 4) is 11.3 Å². The zero-order chi connectivity index (χ0) is 22.2. The molecule has 7 heteroatoms. The molecule has 0 aliphatic heterocycles. The lowest BCUT2D eigenvalue weighted by molar-refractivity contribution is 0.102. The quantitative estimate of drug-likeness (QED) is 0.435. The largest absolute Gasteiger partial charge is 0.321 e. The van der Waals surface area contributed by atoms with Crippen molar-refractivity contribution in [2.75, 3.05) is 5.32 Å². The van der Waals surface area contributed by atoms with E-state index in [0.717, 1.165) is 21.9 Å². The average Bonchev–Trinajstić information content (AvgIpc) is 3.21. The van der Waals surface area contributed by atoms with Gasteiger partial charge < -0.3 is 5.32 Å². The summed E-state index contributed by atoms with van der Waals surface area (Å²) in [7, 11) is 0. The molecule has 0 atom stereocenters. The summed E-state index contributed by atoms with van der Waals surface area (Å²) in [4.78, 5) is 25.0. The number of nitrogens with one attached hydrogen (secondary N) is 2. The number of aromatic nitrogens is 4. The normalized spacial score (nSPS) is 11.3. The first kappa shape index (κ1) is 19.7. The van der Waals surface area contributed by atoms with Gasteiger partial charge in [0.05, 0.1) is 16.6 Å². The van der Waals surface area contributed by atoms with Crippen molar-refractivity contribution in [1.82, 2.24) is 20.0 Å². The van der Waals surface area contributed by atoms with Crippen LogP contribution >= 0.6 is 0 Å². The molecule has 2 aromatic heterocycles. The molecule has 5 aromatic rings. The number of carbonyl (C=O) groups excluding carboxylic acids is 1. The molecule has 158 valence electrons. The molecule has 0 radical (unpaired) electrons. The molecule has 0 unspecified atom stereocenters. The third-order valence-electron chi connectivity index (χ3n) is 5.43. The predicted molar refractivity (Wildman–Crippen MR) is 126 cm³/mol. The van der Waals surface area contributed by atoms with Gasteiger partial charge in [-0.05, 0) is 38.1 Å². The third kappa shape index (κ3) is 3.33. The SMILES string of the molecule is CC(C)n1nc(C(=O)Nc2ccc(-c3n[nH]c(=O)c4ccccc34)cc2)c2ccccc21. The molecule has 1 amide bonds. The number of nitrogens with zero attached hydrogens (tertiary/aromatic N) is 3. The maximum absolute atomic E-state index is 13.0. The van der Waals surface area contributed by atoms with Crippen molar-refractivity contribution in [1.29, 1.82) is 0 Å². The first-order valence-corrected chi connectivity index (χ1v) is 10.4. The number of hydrogen-bond acceptors (Lipinski definition) is 4. The van der Waals surface area contributed by atoms with Crippen molar-refractivity contribution in [3.63, 3.8) is 0 Å². The van der Waals surface area contributed by atoms with Crippen LogP contribution in [0.2, 0.25) is 0 Å². The van der Waals surface area contributed by atoms with Gasteiger partial charge in [0.1, 0.15) is 0 Å². The van der Waals surface area contributed by atoms with Gasteiger partial charge in [-0.1, -0.05) is 48.5 Å². The van der Waals surface area contributed by atoms with Gasteiger partial charge in [-0.3, -0.25) is 14.3 Å². The molecule has 7 nitrogen and oxygen atoms in total. The summed E-state index contributed by atoms with van der Waals surface area (Å²) >= 11 is 0. The Hall–Kier alpha value is -4.26. The lowest BCUT2D eigenvalue weighted by Gasteiger charge is -2.08. The molecule has 3 aromatic carbocycles. The van der Waals surface area contributed by atoms with Crippen LogP contribution in [0.5, 0.6) is 0 Å². The molecular weight excluding hydrogens is 402 g/mol. The predicted octanol–water partition coefficient (Wildman–Crippen LogP) is 4.77. The maximum Gasteiger partial charge on any atom is 0.276 e. The number of carbonyl (C=O) groups is 1. The Labute approximate surface area is 183 Å². The smallest absolute Gasteiger partial charge is 0.276 e. The van der Waals surface area contributed by atoms with Crippen molar-refractivity contribution in [3.05, 3.63) is 88.8 Å². The molecule has 0 saturated heterocycles. The number of aromatic amines is 1. The van der Waals surface area contributed by atoms with Crippen LogP contribution in [0.4, 0.5) is 5.69 Å². The Morgan fingerprint density at radius 1 is 0.906 bits per heavy atom. The Balaban J connectivity index is 1.45. The number of fused-ring (bicyclic) bond motifs is 2. The molecule has 2 heterocycles. The fourth-order valence-electron chi connectivity index (χ4n) is 3.89. The summed E-state index contributed by atoms with van der Waals surface area (Å²) in [6.45, 7) is 4.07. The molecule has 0 aliphatic carbocycles. The van der Waals surface area contributed by atoms with Crippen LogP contribution in [0, 0.1) is 0 Å². The topological polar surface area (TPSA) is 92.7 Å². The highest BCUT2D eigenvalue weighted by Gasteiger charge is 2.18. The minimum Gasteiger partial charge on any atom is -0.321 e. The van der Waals surface area contributed by atoms with E-state index >= 15 is 0 Å². The first-order chi connectivity index (χ1) is 15.5. The van der Waals surface area contributed by atoms with Gasteiger partial charge in [0.25, 0.3) is 11.5 Å². The number of para-hydroxylation sites is 1. The van der Waals surface area contributed by atoms with Crippen LogP contribution in [0.1, 0.15) is 30.4 Å². The number of anilines is 1. The van der Waals surface area contributed by atoms with Crippen LogP contribution in [-0.2, 0) is 0 Å². The summed E-state index contributed by atoms with van der Waals surface area (Å²) in [6.07, 6.45) is 0. The van der Waals surface area contributed by atoms with Gasteiger partial charge in [0.2, 0.25) is 0 Å². The van der Waals surface area contributed by atoms with E-state index in [1.807, 2.05) is 85.3 Å². The number of hydrogen-bond donors (Lipinski definition) is 2. The highest BCUT2D eigenvalue weighted by Crippen LogP contribution is 2.26. The third-order valence-corrected chi connectivity index (χ3v) is 5.43. The Morgan fingerprint density at radius 2 is 1.56 bits per heavy atom. The molecule has 0 fully saturated rings. The maximum atomic E-state index is 13.0. The highest BCUT2D eigenvalue weighted by molar-refractivity contribution is 6.11. The zero-order valence-electron chi connectivity index (χ0n) is 17.7. The first-order valence-electron chi connectivity index (χ1n) is 10.4. The summed E-state index contributed by atoms with van der Waals surface area (Å²) in [5.41, 5.74) is 3.27. The van der Waals surface area contributed by atoms with E-state index in [2.05, 4.69) is 20.6 Å². The zero-order valence-corrected chi connectivity index (χ0v) is 17.7. The number of H-pyrrole nitrogens is 1. The molecular formula is C25H21N5O2. The van der Waals surface area contributed by atoms with E-state index in [0.29, 0.717) is 22.5 Å². The van der Waals surface area contributed by atoms with Crippen LogP contribution in [0.25, 0.3) is 32.9 Å². The lowest BCUT2D eigenvalue weighted by Crippen LogP contribution is -2.14. The highest BCUT2D eigenvalue weighted by atomic mass is 16.2. The van der Waals surface area contributed by atoms with Gasteiger partial charge >= 0.3 is 0 Å². The van der Waals surface area contributed by atoms with Gasteiger partial charge in [-0.2, -0.15) is 10.2 Å². The second-order valence-electron chi connectivity index (χ2n) is 7.88. The monoisotopic (exact) mass is 423 g/mol. The standard InChI is InChI=1S/C25H21N5O2/c1-15(2)30-21-10-6-5-9-20(21)23(29-30)25(32)26-17-13-11-16(12-14-17)22-18-7-3-4-8-19(18)24(31)28-27-22/h3-15H,1-2H3,(H,26,32)(H,28,31). The summed E-state index contributed by atoms with van der Waals surface area (Å²) in [5, 5.41) is 16.5. The number of amides is 1. The fourth-order valence-corrected chi connectivity index (χ4v) is 3.89. The van der Waals surface area contributed by atoms with Crippen LogP contribution in [0.3, 0.4) is 0 Å². The summed E-state index contributed by atoms with van der Waals surface area (Å²) < 4.78 is 1.86. The molecule has 0 spiro atoms. The Kier molecular flexibility index (Phi) is 4.78. The van der Waals surface area contributed by atoms with Gasteiger partial charge in [0, 0.05) is 28.1 Å². The van der Waals surface area contributed by atoms with Crippen molar-refractivity contribution >= 4 is 33.3 Å². The van der Waals surface area contributed by atoms with E-state index in [4.69, 9.17) is 0 Å². The van der Waals surface area contributed by atoms with Gasteiger partial charge in [-0.25, -0.2) is 5.10 Å². The van der Waals surface area contributed by atoms with Crippen LogP contribution < -0.4 is 10.9 Å². The van der Waals surface area contributed by atoms with Crippen molar-refractivity contribution < 1.29 is 4.79 Å².